The first-order valence-electron chi connectivity index (χ1n) is 5.56. The van der Waals surface area contributed by atoms with E-state index >= 15 is 0 Å². The van der Waals surface area contributed by atoms with E-state index in [4.69, 9.17) is 0 Å². The molecule has 0 radical (unpaired) electrons. The average molecular weight is 307 g/mol. The molecule has 0 aliphatic carbocycles. The molecule has 0 atom stereocenters. The zero-order valence-electron chi connectivity index (χ0n) is 10.1. The van der Waals surface area contributed by atoms with Gasteiger partial charge in [0.05, 0.1) is 5.56 Å². The van der Waals surface area contributed by atoms with Crippen molar-refractivity contribution in [3.63, 3.8) is 0 Å². The molecule has 0 bridgehead atoms. The summed E-state index contributed by atoms with van der Waals surface area (Å²) in [6, 6.07) is 9.85. The molecule has 18 heavy (non-hydrogen) atoms. The van der Waals surface area contributed by atoms with Crippen molar-refractivity contribution in [2.45, 2.75) is 13.8 Å². The van der Waals surface area contributed by atoms with E-state index in [0.29, 0.717) is 10.0 Å². The molecule has 0 aliphatic heterocycles. The van der Waals surface area contributed by atoms with Crippen LogP contribution in [-0.4, -0.2) is 5.78 Å². The molecule has 0 saturated heterocycles. The number of aryl methyl sites for hydroxylation is 2. The topological polar surface area (TPSA) is 17.1 Å². The number of ketones is 1. The van der Waals surface area contributed by atoms with Gasteiger partial charge in [-0.3, -0.25) is 4.79 Å². The fourth-order valence-corrected chi connectivity index (χ4v) is 2.04. The van der Waals surface area contributed by atoms with Gasteiger partial charge in [0.1, 0.15) is 5.82 Å². The van der Waals surface area contributed by atoms with Gasteiger partial charge < -0.3 is 0 Å². The Morgan fingerprint density at radius 3 is 2.39 bits per heavy atom. The van der Waals surface area contributed by atoms with Crippen LogP contribution in [0, 0.1) is 19.7 Å². The van der Waals surface area contributed by atoms with E-state index in [1.54, 1.807) is 18.2 Å². The monoisotopic (exact) mass is 306 g/mol. The van der Waals surface area contributed by atoms with Crippen LogP contribution in [0.1, 0.15) is 27.0 Å². The van der Waals surface area contributed by atoms with Crippen molar-refractivity contribution in [2.24, 2.45) is 0 Å². The molecule has 2 aromatic rings. The lowest BCUT2D eigenvalue weighted by Gasteiger charge is -2.06. The Hall–Kier alpha value is -1.48. The SMILES string of the molecule is Cc1ccc(C(=O)c2ccc(Br)cc2F)cc1C. The number of carbonyl (C=O) groups excluding carboxylic acids is 1. The van der Waals surface area contributed by atoms with E-state index in [1.807, 2.05) is 19.9 Å². The number of hydrogen-bond acceptors (Lipinski definition) is 1. The maximum Gasteiger partial charge on any atom is 0.195 e. The summed E-state index contributed by atoms with van der Waals surface area (Å²) in [5.41, 5.74) is 2.75. The lowest BCUT2D eigenvalue weighted by molar-refractivity contribution is 0.103. The molecule has 0 unspecified atom stereocenters. The van der Waals surface area contributed by atoms with Gasteiger partial charge >= 0.3 is 0 Å². The quantitative estimate of drug-likeness (QED) is 0.750. The molecule has 0 spiro atoms. The molecule has 2 rings (SSSR count). The third-order valence-electron chi connectivity index (χ3n) is 2.94. The Labute approximate surface area is 114 Å². The summed E-state index contributed by atoms with van der Waals surface area (Å²) in [7, 11) is 0. The second-order valence-electron chi connectivity index (χ2n) is 4.25. The van der Waals surface area contributed by atoms with Gasteiger partial charge in [0.2, 0.25) is 0 Å². The van der Waals surface area contributed by atoms with E-state index in [9.17, 15) is 9.18 Å². The molecule has 1 nitrogen and oxygen atoms in total. The average Bonchev–Trinajstić information content (AvgIpc) is 2.32. The Kier molecular flexibility index (Phi) is 3.62. The minimum atomic E-state index is -0.507. The summed E-state index contributed by atoms with van der Waals surface area (Å²) < 4.78 is 14.3. The molecule has 92 valence electrons. The van der Waals surface area contributed by atoms with Crippen molar-refractivity contribution in [3.8, 4) is 0 Å². The Bertz CT molecular complexity index is 620. The third kappa shape index (κ3) is 2.51. The summed E-state index contributed by atoms with van der Waals surface area (Å²) in [6.45, 7) is 3.91. The molecule has 0 N–H and O–H groups in total. The summed E-state index contributed by atoms with van der Waals surface area (Å²) in [5, 5.41) is 0. The van der Waals surface area contributed by atoms with Crippen LogP contribution in [0.3, 0.4) is 0 Å². The van der Waals surface area contributed by atoms with Crippen LogP contribution in [0.25, 0.3) is 0 Å². The van der Waals surface area contributed by atoms with Crippen molar-refractivity contribution in [2.75, 3.05) is 0 Å². The van der Waals surface area contributed by atoms with Crippen LogP contribution in [0.2, 0.25) is 0 Å². The normalized spacial score (nSPS) is 10.4. The largest absolute Gasteiger partial charge is 0.288 e. The van der Waals surface area contributed by atoms with E-state index in [0.717, 1.165) is 11.1 Å². The maximum atomic E-state index is 13.7. The van der Waals surface area contributed by atoms with Crippen molar-refractivity contribution in [1.29, 1.82) is 0 Å². The van der Waals surface area contributed by atoms with Crippen molar-refractivity contribution in [3.05, 3.63) is 68.9 Å². The lowest BCUT2D eigenvalue weighted by Crippen LogP contribution is -2.04. The zero-order valence-corrected chi connectivity index (χ0v) is 11.7. The molecule has 0 aromatic heterocycles. The minimum Gasteiger partial charge on any atom is -0.288 e. The van der Waals surface area contributed by atoms with Crippen molar-refractivity contribution < 1.29 is 9.18 Å². The van der Waals surface area contributed by atoms with E-state index in [-0.39, 0.29) is 11.3 Å². The predicted molar refractivity (Wildman–Crippen MR) is 73.4 cm³/mol. The summed E-state index contributed by atoms with van der Waals surface area (Å²) in [4.78, 5) is 12.2. The van der Waals surface area contributed by atoms with Gasteiger partial charge in [0, 0.05) is 10.0 Å². The van der Waals surface area contributed by atoms with Gasteiger partial charge in [-0.25, -0.2) is 4.39 Å². The molecule has 0 aliphatic rings. The standard InChI is InChI=1S/C15H12BrFO/c1-9-3-4-11(7-10(9)2)15(18)13-6-5-12(16)8-14(13)17/h3-8H,1-2H3. The Morgan fingerprint density at radius 2 is 1.78 bits per heavy atom. The number of hydrogen-bond donors (Lipinski definition) is 0. The van der Waals surface area contributed by atoms with Crippen LogP contribution >= 0.6 is 15.9 Å². The predicted octanol–water partition coefficient (Wildman–Crippen LogP) is 4.44. The van der Waals surface area contributed by atoms with Crippen molar-refractivity contribution in [1.82, 2.24) is 0 Å². The summed E-state index contributed by atoms with van der Waals surface area (Å²) in [5.74, 6) is -0.796. The molecular weight excluding hydrogens is 295 g/mol. The van der Waals surface area contributed by atoms with Gasteiger partial charge in [-0.1, -0.05) is 28.1 Å². The van der Waals surface area contributed by atoms with Gasteiger partial charge in [0.25, 0.3) is 0 Å². The van der Waals surface area contributed by atoms with Gasteiger partial charge in [-0.15, -0.1) is 0 Å². The first-order valence-corrected chi connectivity index (χ1v) is 6.35. The van der Waals surface area contributed by atoms with Gasteiger partial charge in [0.15, 0.2) is 5.78 Å². The highest BCUT2D eigenvalue weighted by molar-refractivity contribution is 9.10. The number of carbonyl (C=O) groups is 1. The second kappa shape index (κ2) is 5.02. The highest BCUT2D eigenvalue weighted by Gasteiger charge is 2.14. The Morgan fingerprint density at radius 1 is 1.06 bits per heavy atom. The van der Waals surface area contributed by atoms with Crippen LogP contribution in [-0.2, 0) is 0 Å². The van der Waals surface area contributed by atoms with E-state index in [2.05, 4.69) is 15.9 Å². The number of halogens is 2. The summed E-state index contributed by atoms with van der Waals surface area (Å²) in [6.07, 6.45) is 0. The van der Waals surface area contributed by atoms with Crippen LogP contribution in [0.4, 0.5) is 4.39 Å². The fraction of sp³-hybridized carbons (Fsp3) is 0.133. The molecule has 0 saturated carbocycles. The minimum absolute atomic E-state index is 0.0986. The molecule has 3 heteroatoms. The summed E-state index contributed by atoms with van der Waals surface area (Å²) >= 11 is 3.17. The molecule has 0 fully saturated rings. The van der Waals surface area contributed by atoms with Gasteiger partial charge in [-0.2, -0.15) is 0 Å². The zero-order chi connectivity index (χ0) is 13.3. The van der Waals surface area contributed by atoms with Crippen LogP contribution in [0.5, 0.6) is 0 Å². The molecular formula is C15H12BrFO. The smallest absolute Gasteiger partial charge is 0.195 e. The van der Waals surface area contributed by atoms with Crippen molar-refractivity contribution >= 4 is 21.7 Å². The first-order chi connectivity index (χ1) is 8.49. The van der Waals surface area contributed by atoms with Crippen LogP contribution < -0.4 is 0 Å². The number of rotatable bonds is 2. The molecule has 0 amide bonds. The maximum absolute atomic E-state index is 13.7. The highest BCUT2D eigenvalue weighted by atomic mass is 79.9. The fourth-order valence-electron chi connectivity index (χ4n) is 1.71. The lowest BCUT2D eigenvalue weighted by atomic mass is 9.99. The Balaban J connectivity index is 2.44. The van der Waals surface area contributed by atoms with E-state index in [1.165, 1.54) is 12.1 Å². The van der Waals surface area contributed by atoms with Gasteiger partial charge in [-0.05, 0) is 49.2 Å². The molecule has 0 heterocycles. The molecule has 2 aromatic carbocycles. The first kappa shape index (κ1) is 13.0. The van der Waals surface area contributed by atoms with E-state index < -0.39 is 5.82 Å². The highest BCUT2D eigenvalue weighted by Crippen LogP contribution is 2.19. The third-order valence-corrected chi connectivity index (χ3v) is 3.44. The van der Waals surface area contributed by atoms with Crippen LogP contribution in [0.15, 0.2) is 40.9 Å². The number of benzene rings is 2. The second-order valence-corrected chi connectivity index (χ2v) is 5.17.